The Hall–Kier alpha value is -1.81. The smallest absolute Gasteiger partial charge is 0.200 e. The van der Waals surface area contributed by atoms with Crippen molar-refractivity contribution >= 4 is 27.4 Å². The summed E-state index contributed by atoms with van der Waals surface area (Å²) in [6, 6.07) is 10.1. The van der Waals surface area contributed by atoms with Gasteiger partial charge in [-0.05, 0) is 12.5 Å². The van der Waals surface area contributed by atoms with E-state index in [0.717, 1.165) is 26.9 Å². The van der Waals surface area contributed by atoms with Crippen molar-refractivity contribution < 1.29 is 4.42 Å². The molecule has 0 aliphatic carbocycles. The average Bonchev–Trinajstić information content (AvgIpc) is 2.82. The molecule has 17 heavy (non-hydrogen) atoms. The van der Waals surface area contributed by atoms with Gasteiger partial charge in [0.05, 0.1) is 5.69 Å². The van der Waals surface area contributed by atoms with Gasteiger partial charge in [0, 0.05) is 11.3 Å². The van der Waals surface area contributed by atoms with Crippen molar-refractivity contribution in [2.75, 3.05) is 5.73 Å². The zero-order valence-electron chi connectivity index (χ0n) is 9.43. The predicted molar refractivity (Wildman–Crippen MR) is 70.3 cm³/mol. The summed E-state index contributed by atoms with van der Waals surface area (Å²) in [5.74, 6) is 0.726. The Bertz CT molecular complexity index is 655. The van der Waals surface area contributed by atoms with Crippen LogP contribution in [0, 0.1) is 6.92 Å². The van der Waals surface area contributed by atoms with Crippen LogP contribution in [0.5, 0.6) is 0 Å². The number of thiophene rings is 1. The third kappa shape index (κ3) is 1.80. The van der Waals surface area contributed by atoms with Gasteiger partial charge in [0.15, 0.2) is 10.4 Å². The lowest BCUT2D eigenvalue weighted by Gasteiger charge is -1.95. The Morgan fingerprint density at radius 3 is 2.76 bits per heavy atom. The zero-order valence-corrected chi connectivity index (χ0v) is 10.3. The maximum Gasteiger partial charge on any atom is 0.200 e. The van der Waals surface area contributed by atoms with E-state index < -0.39 is 0 Å². The lowest BCUT2D eigenvalue weighted by molar-refractivity contribution is 0.545. The fourth-order valence-corrected chi connectivity index (χ4v) is 2.68. The Kier molecular flexibility index (Phi) is 2.37. The van der Waals surface area contributed by atoms with E-state index in [1.54, 1.807) is 11.3 Å². The molecule has 3 rings (SSSR count). The van der Waals surface area contributed by atoms with Crippen LogP contribution in [0.1, 0.15) is 16.3 Å². The molecule has 4 heteroatoms. The maximum absolute atomic E-state index is 5.92. The number of aryl methyl sites for hydroxylation is 1. The van der Waals surface area contributed by atoms with Gasteiger partial charge in [0.2, 0.25) is 5.89 Å². The zero-order chi connectivity index (χ0) is 11.8. The minimum absolute atomic E-state index is 0.709. The molecular formula is C13H12N2OS. The number of anilines is 1. The van der Waals surface area contributed by atoms with Crippen molar-refractivity contribution in [3.05, 3.63) is 46.7 Å². The van der Waals surface area contributed by atoms with Crippen molar-refractivity contribution in [3.8, 4) is 0 Å². The standard InChI is InChI=1S/C13H12N2OS/c1-8-11(14)12-13(17-8)15-10(16-12)7-9-5-3-2-4-6-9/h2-6H,7,14H2,1H3. The number of benzene rings is 1. The molecule has 0 aliphatic rings. The fourth-order valence-electron chi connectivity index (χ4n) is 1.79. The summed E-state index contributed by atoms with van der Waals surface area (Å²) in [4.78, 5) is 6.42. The topological polar surface area (TPSA) is 52.0 Å². The third-order valence-corrected chi connectivity index (χ3v) is 3.71. The summed E-state index contributed by atoms with van der Waals surface area (Å²) in [5.41, 5.74) is 8.57. The molecule has 0 bridgehead atoms. The molecule has 0 spiro atoms. The molecule has 0 amide bonds. The van der Waals surface area contributed by atoms with Gasteiger partial charge in [-0.1, -0.05) is 30.3 Å². The second-order valence-electron chi connectivity index (χ2n) is 3.98. The number of nitrogens with zero attached hydrogens (tertiary/aromatic N) is 1. The molecule has 1 aromatic carbocycles. The SMILES string of the molecule is Cc1sc2nc(Cc3ccccc3)oc2c1N. The lowest BCUT2D eigenvalue weighted by Crippen LogP contribution is -1.87. The van der Waals surface area contributed by atoms with E-state index >= 15 is 0 Å². The van der Waals surface area contributed by atoms with Gasteiger partial charge in [-0.25, -0.2) is 4.98 Å². The minimum Gasteiger partial charge on any atom is -0.437 e. The van der Waals surface area contributed by atoms with Gasteiger partial charge in [0.25, 0.3) is 0 Å². The predicted octanol–water partition coefficient (Wildman–Crippen LogP) is 3.37. The molecule has 86 valence electrons. The summed E-state index contributed by atoms with van der Waals surface area (Å²) >= 11 is 1.58. The highest BCUT2D eigenvalue weighted by Gasteiger charge is 2.13. The van der Waals surface area contributed by atoms with Gasteiger partial charge >= 0.3 is 0 Å². The lowest BCUT2D eigenvalue weighted by atomic mass is 10.2. The number of hydrogen-bond acceptors (Lipinski definition) is 4. The van der Waals surface area contributed by atoms with Crippen LogP contribution in [-0.2, 0) is 6.42 Å². The second-order valence-corrected chi connectivity index (χ2v) is 5.18. The second kappa shape index (κ2) is 3.89. The monoisotopic (exact) mass is 244 g/mol. The molecule has 0 unspecified atom stereocenters. The number of aromatic nitrogens is 1. The molecular weight excluding hydrogens is 232 g/mol. The van der Waals surface area contributed by atoms with Crippen LogP contribution in [0.3, 0.4) is 0 Å². The first-order chi connectivity index (χ1) is 8.24. The molecule has 2 heterocycles. The molecule has 0 saturated carbocycles. The van der Waals surface area contributed by atoms with Crippen molar-refractivity contribution in [3.63, 3.8) is 0 Å². The van der Waals surface area contributed by atoms with Crippen LogP contribution in [0.4, 0.5) is 5.69 Å². The van der Waals surface area contributed by atoms with Crippen LogP contribution < -0.4 is 5.73 Å². The fraction of sp³-hybridized carbons (Fsp3) is 0.154. The van der Waals surface area contributed by atoms with E-state index in [1.165, 1.54) is 5.56 Å². The number of hydrogen-bond donors (Lipinski definition) is 1. The maximum atomic E-state index is 5.92. The first-order valence-electron chi connectivity index (χ1n) is 5.42. The van der Waals surface area contributed by atoms with Gasteiger partial charge < -0.3 is 10.2 Å². The van der Waals surface area contributed by atoms with Crippen LogP contribution in [0.25, 0.3) is 10.4 Å². The molecule has 0 aliphatic heterocycles. The summed E-state index contributed by atoms with van der Waals surface area (Å²) in [6.07, 6.45) is 0.709. The van der Waals surface area contributed by atoms with E-state index in [9.17, 15) is 0 Å². The Balaban J connectivity index is 1.97. The highest BCUT2D eigenvalue weighted by Crippen LogP contribution is 2.33. The minimum atomic E-state index is 0.709. The van der Waals surface area contributed by atoms with Crippen LogP contribution in [0.2, 0.25) is 0 Å². The summed E-state index contributed by atoms with van der Waals surface area (Å²) in [6.45, 7) is 1.98. The van der Waals surface area contributed by atoms with Gasteiger partial charge in [-0.15, -0.1) is 11.3 Å². The first kappa shape index (κ1) is 10.4. The largest absolute Gasteiger partial charge is 0.437 e. The van der Waals surface area contributed by atoms with Crippen molar-refractivity contribution in [1.29, 1.82) is 0 Å². The molecule has 0 atom stereocenters. The number of nitrogen functional groups attached to an aromatic ring is 1. The van der Waals surface area contributed by atoms with Crippen molar-refractivity contribution in [1.82, 2.24) is 4.98 Å². The molecule has 0 saturated heterocycles. The van der Waals surface area contributed by atoms with E-state index in [4.69, 9.17) is 10.2 Å². The highest BCUT2D eigenvalue weighted by molar-refractivity contribution is 7.19. The molecule has 3 nitrogen and oxygen atoms in total. The molecule has 2 N–H and O–H groups in total. The summed E-state index contributed by atoms with van der Waals surface area (Å²) in [5, 5.41) is 0. The Morgan fingerprint density at radius 1 is 1.29 bits per heavy atom. The average molecular weight is 244 g/mol. The quantitative estimate of drug-likeness (QED) is 0.752. The Morgan fingerprint density at radius 2 is 2.06 bits per heavy atom. The molecule has 0 fully saturated rings. The van der Waals surface area contributed by atoms with Crippen LogP contribution in [0.15, 0.2) is 34.7 Å². The Labute approximate surface area is 103 Å². The van der Waals surface area contributed by atoms with Crippen molar-refractivity contribution in [2.24, 2.45) is 0 Å². The van der Waals surface area contributed by atoms with E-state index in [1.807, 2.05) is 25.1 Å². The van der Waals surface area contributed by atoms with Crippen molar-refractivity contribution in [2.45, 2.75) is 13.3 Å². The van der Waals surface area contributed by atoms with Gasteiger partial charge in [-0.3, -0.25) is 0 Å². The van der Waals surface area contributed by atoms with Crippen LogP contribution >= 0.6 is 11.3 Å². The third-order valence-electron chi connectivity index (χ3n) is 2.71. The number of nitrogens with two attached hydrogens (primary N) is 1. The normalized spacial score (nSPS) is 11.1. The van der Waals surface area contributed by atoms with Crippen LogP contribution in [-0.4, -0.2) is 4.98 Å². The summed E-state index contributed by atoms with van der Waals surface area (Å²) in [7, 11) is 0. The number of fused-ring (bicyclic) bond motifs is 1. The molecule has 3 aromatic rings. The number of oxazole rings is 1. The van der Waals surface area contributed by atoms with Gasteiger partial charge in [-0.2, -0.15) is 0 Å². The number of rotatable bonds is 2. The van der Waals surface area contributed by atoms with E-state index in [0.29, 0.717) is 6.42 Å². The molecule has 0 radical (unpaired) electrons. The van der Waals surface area contributed by atoms with E-state index in [-0.39, 0.29) is 0 Å². The van der Waals surface area contributed by atoms with Gasteiger partial charge in [0.1, 0.15) is 0 Å². The summed E-state index contributed by atoms with van der Waals surface area (Å²) < 4.78 is 5.70. The van der Waals surface area contributed by atoms with E-state index in [2.05, 4.69) is 17.1 Å². The first-order valence-corrected chi connectivity index (χ1v) is 6.24. The highest BCUT2D eigenvalue weighted by atomic mass is 32.1. The molecule has 2 aromatic heterocycles.